The van der Waals surface area contributed by atoms with Gasteiger partial charge in [0, 0.05) is 41.6 Å². The summed E-state index contributed by atoms with van der Waals surface area (Å²) in [7, 11) is 0. The molecule has 31 heavy (non-hydrogen) atoms. The van der Waals surface area contributed by atoms with Gasteiger partial charge in [0.25, 0.3) is 11.4 Å². The summed E-state index contributed by atoms with van der Waals surface area (Å²) in [5.74, 6) is 0.0925. The highest BCUT2D eigenvalue weighted by Gasteiger charge is 2.25. The fourth-order valence-electron chi connectivity index (χ4n) is 3.48. The van der Waals surface area contributed by atoms with Gasteiger partial charge in [-0.2, -0.15) is 10.2 Å². The molecule has 0 heterocycles. The van der Waals surface area contributed by atoms with E-state index in [1.807, 2.05) is 6.92 Å². The second-order valence-electron chi connectivity index (χ2n) is 7.19. The molecule has 1 saturated carbocycles. The van der Waals surface area contributed by atoms with Crippen molar-refractivity contribution in [3.8, 4) is 0 Å². The second kappa shape index (κ2) is 10.3. The molecule has 10 nitrogen and oxygen atoms in total. The van der Waals surface area contributed by atoms with Crippen LogP contribution in [0.4, 0.5) is 22.7 Å². The van der Waals surface area contributed by atoms with Gasteiger partial charge in [0.05, 0.1) is 21.2 Å². The molecule has 0 radical (unpaired) electrons. The molecule has 1 atom stereocenters. The average molecular weight is 424 g/mol. The van der Waals surface area contributed by atoms with Crippen molar-refractivity contribution in [1.82, 2.24) is 0 Å². The Morgan fingerprint density at radius 3 is 2.00 bits per heavy atom. The zero-order chi connectivity index (χ0) is 22.2. The van der Waals surface area contributed by atoms with Crippen molar-refractivity contribution in [3.05, 3.63) is 68.8 Å². The number of nitrogens with zero attached hydrogens (tertiary/aromatic N) is 4. The van der Waals surface area contributed by atoms with Gasteiger partial charge in [0.15, 0.2) is 0 Å². The highest BCUT2D eigenvalue weighted by atomic mass is 16.6. The highest BCUT2D eigenvalue weighted by Crippen LogP contribution is 2.26. The molecular weight excluding hydrogens is 400 g/mol. The number of non-ortho nitro benzene ring substituents is 2. The maximum Gasteiger partial charge on any atom is 0.269 e. The minimum Gasteiger partial charge on any atom is -0.279 e. The van der Waals surface area contributed by atoms with E-state index >= 15 is 0 Å². The molecule has 2 aromatic rings. The quantitative estimate of drug-likeness (QED) is 0.333. The van der Waals surface area contributed by atoms with Gasteiger partial charge in [-0.25, -0.2) is 0 Å². The summed E-state index contributed by atoms with van der Waals surface area (Å²) in [4.78, 5) is 20.7. The smallest absolute Gasteiger partial charge is 0.269 e. The lowest BCUT2D eigenvalue weighted by atomic mass is 9.83. The number of hydrazone groups is 2. The van der Waals surface area contributed by atoms with Crippen molar-refractivity contribution in [2.45, 2.75) is 39.0 Å². The van der Waals surface area contributed by atoms with Crippen molar-refractivity contribution in [2.24, 2.45) is 16.1 Å². The van der Waals surface area contributed by atoms with Crippen molar-refractivity contribution in [2.75, 3.05) is 10.9 Å². The van der Waals surface area contributed by atoms with Crippen LogP contribution < -0.4 is 10.9 Å². The minimum atomic E-state index is -0.437. The lowest BCUT2D eigenvalue weighted by Crippen LogP contribution is -2.28. The first kappa shape index (κ1) is 21.9. The average Bonchev–Trinajstić information content (AvgIpc) is 2.79. The standard InChI is InChI=1S/C21H24N6O4/c1-2-20(24-22-15-7-11-17(12-8-15)26(28)29)19-5-3-4-6-21(19)25-23-16-9-13-18(14-10-16)27(30)31/h7-14,19,22-23H,2-6H2,1H3. The Labute approximate surface area is 179 Å². The Bertz CT molecular complexity index is 916. The van der Waals surface area contributed by atoms with Crippen LogP contribution in [0.5, 0.6) is 0 Å². The van der Waals surface area contributed by atoms with E-state index in [9.17, 15) is 20.2 Å². The Hall–Kier alpha value is -3.82. The molecule has 1 aliphatic carbocycles. The summed E-state index contributed by atoms with van der Waals surface area (Å²) in [6.45, 7) is 2.03. The van der Waals surface area contributed by atoms with Crippen LogP contribution in [0, 0.1) is 26.1 Å². The van der Waals surface area contributed by atoms with Crippen LogP contribution >= 0.6 is 0 Å². The molecule has 10 heteroatoms. The molecule has 1 unspecified atom stereocenters. The third-order valence-electron chi connectivity index (χ3n) is 5.16. The maximum absolute atomic E-state index is 10.8. The van der Waals surface area contributed by atoms with Crippen molar-refractivity contribution in [1.29, 1.82) is 0 Å². The number of nitro groups is 2. The molecule has 0 bridgehead atoms. The molecule has 0 aromatic heterocycles. The molecule has 2 aromatic carbocycles. The predicted octanol–water partition coefficient (Wildman–Crippen LogP) is 5.34. The van der Waals surface area contributed by atoms with E-state index in [0.717, 1.165) is 43.5 Å². The number of nitrogens with one attached hydrogen (secondary N) is 2. The molecule has 0 amide bonds. The predicted molar refractivity (Wildman–Crippen MR) is 121 cm³/mol. The highest BCUT2D eigenvalue weighted by molar-refractivity contribution is 6.08. The van der Waals surface area contributed by atoms with Crippen LogP contribution in [0.15, 0.2) is 58.7 Å². The minimum absolute atomic E-state index is 0.0317. The summed E-state index contributed by atoms with van der Waals surface area (Å²) in [6, 6.07) is 12.3. The number of anilines is 2. The molecule has 3 rings (SSSR count). The first-order valence-electron chi connectivity index (χ1n) is 10.1. The first-order valence-corrected chi connectivity index (χ1v) is 10.1. The molecular formula is C21H24N6O4. The summed E-state index contributed by atoms with van der Waals surface area (Å²) in [6.07, 6.45) is 4.65. The Balaban J connectivity index is 1.72. The SMILES string of the molecule is CCC(=NNc1ccc([N+](=O)[O-])cc1)C1CCCCC1=NNc1ccc([N+](=O)[O-])cc1. The summed E-state index contributed by atoms with van der Waals surface area (Å²) in [5, 5.41) is 30.7. The number of hydrogen-bond acceptors (Lipinski definition) is 8. The molecule has 2 N–H and O–H groups in total. The monoisotopic (exact) mass is 424 g/mol. The van der Waals surface area contributed by atoms with Crippen molar-refractivity contribution >= 4 is 34.2 Å². The van der Waals surface area contributed by atoms with E-state index < -0.39 is 9.85 Å². The van der Waals surface area contributed by atoms with E-state index in [1.54, 1.807) is 24.3 Å². The van der Waals surface area contributed by atoms with Crippen LogP contribution in [0.1, 0.15) is 39.0 Å². The zero-order valence-corrected chi connectivity index (χ0v) is 17.2. The third kappa shape index (κ3) is 5.84. The Morgan fingerprint density at radius 1 is 0.935 bits per heavy atom. The Morgan fingerprint density at radius 2 is 1.48 bits per heavy atom. The largest absolute Gasteiger partial charge is 0.279 e. The fraction of sp³-hybridized carbons (Fsp3) is 0.333. The van der Waals surface area contributed by atoms with Crippen LogP contribution in [0.2, 0.25) is 0 Å². The zero-order valence-electron chi connectivity index (χ0n) is 17.2. The van der Waals surface area contributed by atoms with Gasteiger partial charge < -0.3 is 0 Å². The molecule has 1 aliphatic rings. The molecule has 162 valence electrons. The normalized spacial score (nSPS) is 17.9. The molecule has 0 saturated heterocycles. The molecule has 0 spiro atoms. The van der Waals surface area contributed by atoms with E-state index in [4.69, 9.17) is 0 Å². The summed E-state index contributed by atoms with van der Waals surface area (Å²) < 4.78 is 0. The lowest BCUT2D eigenvalue weighted by Gasteiger charge is -2.25. The second-order valence-corrected chi connectivity index (χ2v) is 7.19. The van der Waals surface area contributed by atoms with Crippen LogP contribution in [-0.4, -0.2) is 21.3 Å². The van der Waals surface area contributed by atoms with Gasteiger partial charge >= 0.3 is 0 Å². The van der Waals surface area contributed by atoms with Gasteiger partial charge in [-0.3, -0.25) is 31.1 Å². The van der Waals surface area contributed by atoms with Crippen LogP contribution in [-0.2, 0) is 0 Å². The molecule has 1 fully saturated rings. The van der Waals surface area contributed by atoms with Gasteiger partial charge in [-0.1, -0.05) is 13.3 Å². The molecule has 0 aliphatic heterocycles. The third-order valence-corrected chi connectivity index (χ3v) is 5.16. The summed E-state index contributed by atoms with van der Waals surface area (Å²) in [5.41, 5.74) is 9.38. The van der Waals surface area contributed by atoms with Crippen LogP contribution in [0.25, 0.3) is 0 Å². The topological polar surface area (TPSA) is 135 Å². The van der Waals surface area contributed by atoms with Crippen molar-refractivity contribution < 1.29 is 9.85 Å². The first-order chi connectivity index (χ1) is 15.0. The van der Waals surface area contributed by atoms with Gasteiger partial charge in [-0.15, -0.1) is 0 Å². The van der Waals surface area contributed by atoms with Gasteiger partial charge in [0.1, 0.15) is 0 Å². The number of benzene rings is 2. The maximum atomic E-state index is 10.8. The lowest BCUT2D eigenvalue weighted by molar-refractivity contribution is -0.385. The number of rotatable bonds is 8. The van der Waals surface area contributed by atoms with E-state index in [2.05, 4.69) is 21.1 Å². The number of hydrogen-bond donors (Lipinski definition) is 2. The van der Waals surface area contributed by atoms with E-state index in [-0.39, 0.29) is 17.3 Å². The van der Waals surface area contributed by atoms with Crippen LogP contribution in [0.3, 0.4) is 0 Å². The fourth-order valence-corrected chi connectivity index (χ4v) is 3.48. The van der Waals surface area contributed by atoms with Gasteiger partial charge in [0.2, 0.25) is 0 Å². The van der Waals surface area contributed by atoms with Crippen molar-refractivity contribution in [3.63, 3.8) is 0 Å². The van der Waals surface area contributed by atoms with E-state index in [1.165, 1.54) is 24.3 Å². The number of nitro benzene ring substituents is 2. The Kier molecular flexibility index (Phi) is 7.26. The summed E-state index contributed by atoms with van der Waals surface area (Å²) >= 11 is 0. The van der Waals surface area contributed by atoms with Gasteiger partial charge in [-0.05, 0) is 49.9 Å². The van der Waals surface area contributed by atoms with E-state index in [0.29, 0.717) is 11.4 Å².